The van der Waals surface area contributed by atoms with Crippen molar-refractivity contribution in [3.05, 3.63) is 16.7 Å². The number of nitrogens with one attached hydrogen (secondary N) is 1. The molecule has 1 aliphatic rings. The Bertz CT molecular complexity index is 565. The van der Waals surface area contributed by atoms with E-state index >= 15 is 0 Å². The third-order valence-corrected chi connectivity index (χ3v) is 4.46. The maximum atomic E-state index is 12.5. The molecule has 1 aromatic carbocycles. The van der Waals surface area contributed by atoms with Crippen molar-refractivity contribution in [3.8, 4) is 11.5 Å². The quantitative estimate of drug-likeness (QED) is 0.806. The number of carbonyl (C=O) groups excluding carboxylic acids is 1. The first-order chi connectivity index (χ1) is 10.5. The molecule has 0 radical (unpaired) electrons. The molecule has 1 fully saturated rings. The van der Waals surface area contributed by atoms with E-state index in [1.807, 2.05) is 0 Å². The number of nitrogen functional groups attached to an aromatic ring is 1. The van der Waals surface area contributed by atoms with E-state index in [1.165, 1.54) is 14.2 Å². The van der Waals surface area contributed by atoms with Gasteiger partial charge in [-0.1, -0.05) is 11.6 Å². The summed E-state index contributed by atoms with van der Waals surface area (Å²) >= 11 is 6.13. The number of likely N-dealkylation sites (tertiary alicyclic amines) is 1. The van der Waals surface area contributed by atoms with Gasteiger partial charge in [0.15, 0.2) is 0 Å². The Morgan fingerprint density at radius 2 is 2.14 bits per heavy atom. The van der Waals surface area contributed by atoms with Crippen LogP contribution < -0.4 is 20.5 Å². The number of carbonyl (C=O) groups is 1. The predicted molar refractivity (Wildman–Crippen MR) is 87.0 cm³/mol. The molecule has 1 aliphatic heterocycles. The maximum Gasteiger partial charge on any atom is 0.257 e. The van der Waals surface area contributed by atoms with Crippen molar-refractivity contribution in [2.24, 2.45) is 0 Å². The minimum atomic E-state index is -0.292. The molecule has 0 unspecified atom stereocenters. The lowest BCUT2D eigenvalue weighted by atomic mass is 10.1. The summed E-state index contributed by atoms with van der Waals surface area (Å²) in [6, 6.07) is 1.92. The van der Waals surface area contributed by atoms with Crippen molar-refractivity contribution in [3.63, 3.8) is 0 Å². The second-order valence-electron chi connectivity index (χ2n) is 5.37. The van der Waals surface area contributed by atoms with Gasteiger partial charge in [-0.05, 0) is 26.4 Å². The maximum absolute atomic E-state index is 12.5. The highest BCUT2D eigenvalue weighted by atomic mass is 35.5. The summed E-state index contributed by atoms with van der Waals surface area (Å²) in [7, 11) is 5.02. The van der Waals surface area contributed by atoms with Crippen LogP contribution in [0.4, 0.5) is 5.69 Å². The van der Waals surface area contributed by atoms with Gasteiger partial charge in [-0.25, -0.2) is 0 Å². The smallest absolute Gasteiger partial charge is 0.257 e. The van der Waals surface area contributed by atoms with E-state index in [0.29, 0.717) is 24.1 Å². The summed E-state index contributed by atoms with van der Waals surface area (Å²) in [6.07, 6.45) is 2.23. The van der Waals surface area contributed by atoms with Gasteiger partial charge in [0.1, 0.15) is 22.1 Å². The molecule has 0 bridgehead atoms. The molecular weight excluding hydrogens is 306 g/mol. The van der Waals surface area contributed by atoms with Crippen molar-refractivity contribution >= 4 is 23.2 Å². The number of benzene rings is 1. The molecule has 1 amide bonds. The molecule has 0 aliphatic carbocycles. The van der Waals surface area contributed by atoms with Crippen LogP contribution in [0.25, 0.3) is 0 Å². The normalized spacial score (nSPS) is 18.3. The van der Waals surface area contributed by atoms with Crippen molar-refractivity contribution in [2.45, 2.75) is 18.9 Å². The molecule has 0 saturated carbocycles. The molecule has 122 valence electrons. The van der Waals surface area contributed by atoms with Crippen molar-refractivity contribution in [1.29, 1.82) is 0 Å². The Kier molecular flexibility index (Phi) is 5.37. The highest BCUT2D eigenvalue weighted by molar-refractivity contribution is 6.35. The van der Waals surface area contributed by atoms with E-state index in [9.17, 15) is 4.79 Å². The van der Waals surface area contributed by atoms with Crippen LogP contribution in [0.3, 0.4) is 0 Å². The number of hydrogen-bond acceptors (Lipinski definition) is 5. The molecule has 1 aromatic rings. The van der Waals surface area contributed by atoms with Gasteiger partial charge in [0.05, 0.1) is 19.9 Å². The number of nitrogens with two attached hydrogens (primary N) is 1. The van der Waals surface area contributed by atoms with Crippen LogP contribution in [-0.4, -0.2) is 51.2 Å². The Morgan fingerprint density at radius 3 is 2.68 bits per heavy atom. The molecule has 6 nitrogen and oxygen atoms in total. The Morgan fingerprint density at radius 1 is 1.45 bits per heavy atom. The summed E-state index contributed by atoms with van der Waals surface area (Å²) in [5.74, 6) is 0.429. The summed E-state index contributed by atoms with van der Waals surface area (Å²) < 4.78 is 10.4. The zero-order valence-corrected chi connectivity index (χ0v) is 13.9. The van der Waals surface area contributed by atoms with E-state index in [2.05, 4.69) is 17.3 Å². The molecule has 7 heteroatoms. The van der Waals surface area contributed by atoms with E-state index in [0.717, 1.165) is 19.4 Å². The summed E-state index contributed by atoms with van der Waals surface area (Å²) in [4.78, 5) is 14.7. The van der Waals surface area contributed by atoms with Crippen LogP contribution in [0.2, 0.25) is 5.02 Å². The van der Waals surface area contributed by atoms with E-state index in [-0.39, 0.29) is 22.2 Å². The van der Waals surface area contributed by atoms with Crippen LogP contribution in [0, 0.1) is 0 Å². The topological polar surface area (TPSA) is 76.8 Å². The van der Waals surface area contributed by atoms with Gasteiger partial charge in [0.2, 0.25) is 0 Å². The minimum Gasteiger partial charge on any atom is -0.496 e. The van der Waals surface area contributed by atoms with Gasteiger partial charge in [-0.3, -0.25) is 4.79 Å². The Labute approximate surface area is 135 Å². The standard InChI is InChI=1S/C15H22ClN3O3/c1-19-6-4-5-9(19)8-18-15(20)12-10(21-2)7-11(22-3)13(16)14(12)17/h7,9H,4-6,8,17H2,1-3H3,(H,18,20)/t9-/m1/s1. The first-order valence-electron chi connectivity index (χ1n) is 7.18. The van der Waals surface area contributed by atoms with Crippen LogP contribution in [0.15, 0.2) is 6.07 Å². The highest BCUT2D eigenvalue weighted by Crippen LogP contribution is 2.39. The van der Waals surface area contributed by atoms with Crippen LogP contribution in [0.5, 0.6) is 11.5 Å². The second-order valence-corrected chi connectivity index (χ2v) is 5.75. The number of methoxy groups -OCH3 is 2. The molecular formula is C15H22ClN3O3. The van der Waals surface area contributed by atoms with Gasteiger partial charge >= 0.3 is 0 Å². The van der Waals surface area contributed by atoms with E-state index in [1.54, 1.807) is 6.07 Å². The molecule has 2 rings (SSSR count). The predicted octanol–water partition coefficient (Wildman–Crippen LogP) is 1.76. The fourth-order valence-electron chi connectivity index (χ4n) is 2.71. The average Bonchev–Trinajstić information content (AvgIpc) is 2.92. The molecule has 1 atom stereocenters. The molecule has 3 N–H and O–H groups in total. The largest absolute Gasteiger partial charge is 0.496 e. The number of ether oxygens (including phenoxy) is 2. The summed E-state index contributed by atoms with van der Waals surface area (Å²) in [5, 5.41) is 3.13. The summed E-state index contributed by atoms with van der Waals surface area (Å²) in [5.41, 5.74) is 6.39. The lowest BCUT2D eigenvalue weighted by Gasteiger charge is -2.21. The fraction of sp³-hybridized carbons (Fsp3) is 0.533. The van der Waals surface area contributed by atoms with Crippen molar-refractivity contribution < 1.29 is 14.3 Å². The van der Waals surface area contributed by atoms with Crippen LogP contribution >= 0.6 is 11.6 Å². The van der Waals surface area contributed by atoms with E-state index in [4.69, 9.17) is 26.8 Å². The first kappa shape index (κ1) is 16.7. The Balaban J connectivity index is 2.19. The van der Waals surface area contributed by atoms with Crippen LogP contribution in [-0.2, 0) is 0 Å². The lowest BCUT2D eigenvalue weighted by molar-refractivity contribution is 0.0941. The third kappa shape index (κ3) is 3.23. The van der Waals surface area contributed by atoms with Gasteiger partial charge < -0.3 is 25.4 Å². The minimum absolute atomic E-state index is 0.162. The number of halogens is 1. The fourth-order valence-corrected chi connectivity index (χ4v) is 2.94. The molecule has 0 aromatic heterocycles. The van der Waals surface area contributed by atoms with Crippen molar-refractivity contribution in [1.82, 2.24) is 10.2 Å². The monoisotopic (exact) mass is 327 g/mol. The third-order valence-electron chi connectivity index (χ3n) is 4.07. The van der Waals surface area contributed by atoms with Gasteiger partial charge in [-0.15, -0.1) is 0 Å². The van der Waals surface area contributed by atoms with E-state index < -0.39 is 0 Å². The first-order valence-corrected chi connectivity index (χ1v) is 7.55. The Hall–Kier alpha value is -1.66. The zero-order chi connectivity index (χ0) is 16.3. The molecule has 1 heterocycles. The zero-order valence-electron chi connectivity index (χ0n) is 13.1. The molecule has 22 heavy (non-hydrogen) atoms. The summed E-state index contributed by atoms with van der Waals surface area (Å²) in [6.45, 7) is 1.63. The van der Waals surface area contributed by atoms with Crippen molar-refractivity contribution in [2.75, 3.05) is 40.1 Å². The molecule has 1 saturated heterocycles. The van der Waals surface area contributed by atoms with Gasteiger partial charge in [0.25, 0.3) is 5.91 Å². The number of hydrogen-bond donors (Lipinski definition) is 2. The van der Waals surface area contributed by atoms with Gasteiger partial charge in [0, 0.05) is 18.7 Å². The number of nitrogens with zero attached hydrogens (tertiary/aromatic N) is 1. The number of anilines is 1. The molecule has 0 spiro atoms. The van der Waals surface area contributed by atoms with Gasteiger partial charge in [-0.2, -0.15) is 0 Å². The average molecular weight is 328 g/mol. The number of rotatable bonds is 5. The second kappa shape index (κ2) is 7.07. The SMILES string of the molecule is COc1cc(OC)c(C(=O)NC[C@H]2CCCN2C)c(N)c1Cl. The highest BCUT2D eigenvalue weighted by Gasteiger charge is 2.25. The number of likely N-dealkylation sites (N-methyl/N-ethyl adjacent to an activating group) is 1. The lowest BCUT2D eigenvalue weighted by Crippen LogP contribution is -2.38. The van der Waals surface area contributed by atoms with Crippen LogP contribution in [0.1, 0.15) is 23.2 Å². The number of amides is 1.